The lowest BCUT2D eigenvalue weighted by molar-refractivity contribution is -0.152. The van der Waals surface area contributed by atoms with E-state index >= 15 is 0 Å². The summed E-state index contributed by atoms with van der Waals surface area (Å²) in [6, 6.07) is 12.0. The molecule has 12 heteroatoms. The van der Waals surface area contributed by atoms with Gasteiger partial charge in [0.05, 0.1) is 13.7 Å². The lowest BCUT2D eigenvalue weighted by Crippen LogP contribution is -2.68. The van der Waals surface area contributed by atoms with Crippen LogP contribution in [0.3, 0.4) is 0 Å². The Morgan fingerprint density at radius 1 is 1.14 bits per heavy atom. The Labute approximate surface area is 211 Å². The van der Waals surface area contributed by atoms with E-state index in [0.717, 1.165) is 5.56 Å². The molecule has 1 aromatic heterocycles. The van der Waals surface area contributed by atoms with E-state index in [1.165, 1.54) is 12.1 Å². The molecule has 10 nitrogen and oxygen atoms in total. The summed E-state index contributed by atoms with van der Waals surface area (Å²) in [5, 5.41) is 14.7. The van der Waals surface area contributed by atoms with Crippen molar-refractivity contribution in [2.24, 2.45) is 0 Å². The van der Waals surface area contributed by atoms with Crippen molar-refractivity contribution in [3.63, 3.8) is 0 Å². The van der Waals surface area contributed by atoms with Crippen LogP contribution in [0.2, 0.25) is 0 Å². The van der Waals surface area contributed by atoms with Crippen molar-refractivity contribution in [3.05, 3.63) is 65.7 Å². The number of carbonyl (C=O) groups excluding carboxylic acids is 2. The number of β-lactam (4-membered cyclic amide) rings is 1. The van der Waals surface area contributed by atoms with Crippen molar-refractivity contribution in [3.8, 4) is 11.5 Å². The summed E-state index contributed by atoms with van der Waals surface area (Å²) < 4.78 is 25.2. The number of ether oxygens (including phenoxy) is 2. The number of methoxy groups -OCH3 is 1. The topological polar surface area (TPSA) is 111 Å². The van der Waals surface area contributed by atoms with E-state index in [1.807, 2.05) is 13.8 Å². The molecule has 2 aromatic carbocycles. The van der Waals surface area contributed by atoms with Gasteiger partial charge in [-0.2, -0.15) is 0 Å². The van der Waals surface area contributed by atoms with Crippen LogP contribution < -0.4 is 14.8 Å². The van der Waals surface area contributed by atoms with Gasteiger partial charge in [-0.15, -0.1) is 16.9 Å². The third-order valence-corrected chi connectivity index (χ3v) is 7.81. The van der Waals surface area contributed by atoms with Crippen LogP contribution in [0, 0.1) is 5.82 Å². The molecule has 3 aromatic rings. The maximum absolute atomic E-state index is 13.3. The second-order valence-corrected chi connectivity index (χ2v) is 10.9. The van der Waals surface area contributed by atoms with Gasteiger partial charge in [-0.25, -0.2) is 9.07 Å². The lowest BCUT2D eigenvalue weighted by Gasteiger charge is -2.44. The van der Waals surface area contributed by atoms with Crippen LogP contribution in [0.4, 0.5) is 4.39 Å². The predicted molar refractivity (Wildman–Crippen MR) is 129 cm³/mol. The van der Waals surface area contributed by atoms with Gasteiger partial charge in [0.15, 0.2) is 12.4 Å². The molecule has 0 aliphatic carbocycles. The van der Waals surface area contributed by atoms with Crippen LogP contribution in [0.5, 0.6) is 11.5 Å². The Balaban J connectivity index is 1.25. The fraction of sp³-hybridized carbons (Fsp3) is 0.375. The summed E-state index contributed by atoms with van der Waals surface area (Å²) in [5.41, 5.74) is 0.835. The molecule has 3 heterocycles. The molecule has 0 spiro atoms. The standard InChI is InChI=1S/C24H25FN6O4S/c1-24(2)20(21-27-28-29-30(21)12-14-4-6-15(25)7-5-14)31-22(33)19(23(31)36-24)26-18(32)13-35-17-10-8-16(34-3)9-11-17/h4-11,19-20,23H,12-13H2,1-3H3,(H,26,32)/t19?,20?,23-/m0/s1. The molecule has 2 amide bonds. The maximum Gasteiger partial charge on any atom is 0.258 e. The average molecular weight is 513 g/mol. The van der Waals surface area contributed by atoms with Crippen LogP contribution in [0.25, 0.3) is 0 Å². The SMILES string of the molecule is COc1ccc(OCC(=O)NC2C(=O)N3C(c4nnnn4Cc4ccc(F)cc4)C(C)(C)S[C@@H]23)cc1. The molecule has 2 unspecified atom stereocenters. The molecule has 36 heavy (non-hydrogen) atoms. The summed E-state index contributed by atoms with van der Waals surface area (Å²) in [7, 11) is 1.57. The third-order valence-electron chi connectivity index (χ3n) is 6.24. The van der Waals surface area contributed by atoms with Crippen LogP contribution >= 0.6 is 11.8 Å². The van der Waals surface area contributed by atoms with Gasteiger partial charge in [0.1, 0.15) is 34.8 Å². The molecule has 2 aliphatic rings. The van der Waals surface area contributed by atoms with Gasteiger partial charge >= 0.3 is 0 Å². The number of hydrogen-bond acceptors (Lipinski definition) is 8. The number of thioether (sulfide) groups is 1. The molecule has 0 bridgehead atoms. The first-order chi connectivity index (χ1) is 17.3. The van der Waals surface area contributed by atoms with Crippen LogP contribution in [0.1, 0.15) is 31.3 Å². The van der Waals surface area contributed by atoms with E-state index in [9.17, 15) is 14.0 Å². The fourth-order valence-electron chi connectivity index (χ4n) is 4.48. The van der Waals surface area contributed by atoms with Gasteiger partial charge in [-0.05, 0) is 66.2 Å². The number of fused-ring (bicyclic) bond motifs is 1. The highest BCUT2D eigenvalue weighted by atomic mass is 32.2. The Morgan fingerprint density at radius 2 is 1.83 bits per heavy atom. The monoisotopic (exact) mass is 512 g/mol. The molecule has 188 valence electrons. The Kier molecular flexibility index (Phi) is 6.29. The van der Waals surface area contributed by atoms with Gasteiger partial charge in [-0.3, -0.25) is 9.59 Å². The van der Waals surface area contributed by atoms with Crippen molar-refractivity contribution < 1.29 is 23.5 Å². The van der Waals surface area contributed by atoms with Gasteiger partial charge < -0.3 is 19.7 Å². The summed E-state index contributed by atoms with van der Waals surface area (Å²) >= 11 is 1.59. The molecule has 0 saturated carbocycles. The first-order valence-corrected chi connectivity index (χ1v) is 12.2. The number of nitrogens with zero attached hydrogens (tertiary/aromatic N) is 5. The second-order valence-electron chi connectivity index (χ2n) is 9.09. The highest BCUT2D eigenvalue weighted by molar-refractivity contribution is 8.01. The third kappa shape index (κ3) is 4.48. The van der Waals surface area contributed by atoms with E-state index in [-0.39, 0.29) is 35.7 Å². The number of amides is 2. The number of benzene rings is 2. The minimum Gasteiger partial charge on any atom is -0.497 e. The zero-order chi connectivity index (χ0) is 25.4. The summed E-state index contributed by atoms with van der Waals surface area (Å²) in [6.45, 7) is 4.18. The van der Waals surface area contributed by atoms with Crippen molar-refractivity contribution in [2.45, 2.75) is 42.6 Å². The zero-order valence-corrected chi connectivity index (χ0v) is 20.7. The van der Waals surface area contributed by atoms with Crippen LogP contribution in [0.15, 0.2) is 48.5 Å². The van der Waals surface area contributed by atoms with E-state index in [0.29, 0.717) is 23.9 Å². The second kappa shape index (κ2) is 9.41. The summed E-state index contributed by atoms with van der Waals surface area (Å²) in [4.78, 5) is 27.4. The largest absolute Gasteiger partial charge is 0.497 e. The molecule has 1 N–H and O–H groups in total. The maximum atomic E-state index is 13.3. The number of carbonyl (C=O) groups is 2. The number of aromatic nitrogens is 4. The quantitative estimate of drug-likeness (QED) is 0.457. The van der Waals surface area contributed by atoms with Gasteiger partial charge in [0, 0.05) is 4.75 Å². The van der Waals surface area contributed by atoms with E-state index in [2.05, 4.69) is 20.8 Å². The van der Waals surface area contributed by atoms with E-state index < -0.39 is 10.8 Å². The minimum absolute atomic E-state index is 0.197. The first-order valence-electron chi connectivity index (χ1n) is 11.3. The fourth-order valence-corrected chi connectivity index (χ4v) is 6.11. The molecule has 2 saturated heterocycles. The minimum atomic E-state index is -0.660. The molecule has 5 rings (SSSR count). The molecular formula is C24H25FN6O4S. The molecule has 0 radical (unpaired) electrons. The number of hydrogen-bond donors (Lipinski definition) is 1. The van der Waals surface area contributed by atoms with Gasteiger partial charge in [-0.1, -0.05) is 12.1 Å². The van der Waals surface area contributed by atoms with Crippen LogP contribution in [-0.2, 0) is 16.1 Å². The molecule has 2 fully saturated rings. The van der Waals surface area contributed by atoms with E-state index in [4.69, 9.17) is 9.47 Å². The lowest BCUT2D eigenvalue weighted by atomic mass is 9.95. The summed E-state index contributed by atoms with van der Waals surface area (Å²) in [5.74, 6) is 0.854. The van der Waals surface area contributed by atoms with E-state index in [1.54, 1.807) is 64.9 Å². The number of nitrogens with one attached hydrogen (secondary N) is 1. The number of halogens is 1. The number of tetrazole rings is 1. The normalized spacial score (nSPS) is 22.1. The zero-order valence-electron chi connectivity index (χ0n) is 19.9. The molecular weight excluding hydrogens is 487 g/mol. The van der Waals surface area contributed by atoms with Gasteiger partial charge in [0.25, 0.3) is 5.91 Å². The molecule has 3 atom stereocenters. The number of rotatable bonds is 8. The van der Waals surface area contributed by atoms with Crippen molar-refractivity contribution in [2.75, 3.05) is 13.7 Å². The van der Waals surface area contributed by atoms with Crippen LogP contribution in [-0.4, -0.2) is 66.8 Å². The summed E-state index contributed by atoms with van der Waals surface area (Å²) in [6.07, 6.45) is 0. The smallest absolute Gasteiger partial charge is 0.258 e. The molecule has 2 aliphatic heterocycles. The Bertz CT molecular complexity index is 1270. The highest BCUT2D eigenvalue weighted by Gasteiger charge is 2.63. The van der Waals surface area contributed by atoms with Crippen molar-refractivity contribution >= 4 is 23.6 Å². The first kappa shape index (κ1) is 24.0. The Hall–Kier alpha value is -3.67. The predicted octanol–water partition coefficient (Wildman–Crippen LogP) is 2.17. The average Bonchev–Trinajstić information content (AvgIpc) is 3.41. The van der Waals surface area contributed by atoms with Gasteiger partial charge in [0.2, 0.25) is 5.91 Å². The van der Waals surface area contributed by atoms with Crippen molar-refractivity contribution in [1.82, 2.24) is 30.4 Å². The van der Waals surface area contributed by atoms with Crippen molar-refractivity contribution in [1.29, 1.82) is 0 Å². The highest BCUT2D eigenvalue weighted by Crippen LogP contribution is 2.56. The Morgan fingerprint density at radius 3 is 2.53 bits per heavy atom.